The molecule has 1 aliphatic heterocycles. The summed E-state index contributed by atoms with van der Waals surface area (Å²) in [5.41, 5.74) is 9.34. The summed E-state index contributed by atoms with van der Waals surface area (Å²) in [4.78, 5) is 41.3. The van der Waals surface area contributed by atoms with Gasteiger partial charge in [0.25, 0.3) is 5.91 Å². The van der Waals surface area contributed by atoms with Crippen molar-refractivity contribution in [3.63, 3.8) is 0 Å². The Balaban J connectivity index is 1.33. The number of anilines is 1. The minimum absolute atomic E-state index is 0.181. The first-order valence-electron chi connectivity index (χ1n) is 15.0. The van der Waals surface area contributed by atoms with Gasteiger partial charge in [0, 0.05) is 29.2 Å². The molecule has 0 spiro atoms. The van der Waals surface area contributed by atoms with Crippen LogP contribution in [0.3, 0.4) is 0 Å². The minimum atomic E-state index is -0.722. The van der Waals surface area contributed by atoms with Gasteiger partial charge in [-0.2, -0.15) is 0 Å². The second kappa shape index (κ2) is 14.6. The number of nitrogens with two attached hydrogens (primary N) is 1. The van der Waals surface area contributed by atoms with Gasteiger partial charge in [0.05, 0.1) is 32.1 Å². The highest BCUT2D eigenvalue weighted by molar-refractivity contribution is 7.99. The summed E-state index contributed by atoms with van der Waals surface area (Å²) in [5, 5.41) is 9.02. The standard InChI is InChI=1S/C35H39N5O5S/c1-35(2,38-20-27-8-6-16-45-27)18-32(41)39-29-22-46-31-17-26(44-3)14-15-30(31)40(33(29)42)21-23-10-12-24(13-11-23)28-9-5-4-7-25(28)19-37-34(36)43/h4-17,29,38H,18-22H2,1-3H3,(H,39,41)(H3,36,37,43)/t29-/m1/s1. The molecule has 240 valence electrons. The Morgan fingerprint density at radius 1 is 1.04 bits per heavy atom. The largest absolute Gasteiger partial charge is 0.497 e. The molecule has 5 N–H and O–H groups in total. The van der Waals surface area contributed by atoms with Crippen LogP contribution in [0.25, 0.3) is 11.1 Å². The quantitative estimate of drug-likeness (QED) is 0.167. The van der Waals surface area contributed by atoms with Gasteiger partial charge < -0.3 is 35.7 Å². The van der Waals surface area contributed by atoms with E-state index in [4.69, 9.17) is 14.9 Å². The maximum atomic E-state index is 14.1. The predicted molar refractivity (Wildman–Crippen MR) is 179 cm³/mol. The van der Waals surface area contributed by atoms with Gasteiger partial charge >= 0.3 is 6.03 Å². The predicted octanol–water partition coefficient (Wildman–Crippen LogP) is 5.21. The van der Waals surface area contributed by atoms with Crippen molar-refractivity contribution in [3.05, 3.63) is 102 Å². The van der Waals surface area contributed by atoms with Crippen LogP contribution in [-0.2, 0) is 29.2 Å². The summed E-state index contributed by atoms with van der Waals surface area (Å²) in [6, 6.07) is 23.8. The van der Waals surface area contributed by atoms with Gasteiger partial charge in [0.2, 0.25) is 5.91 Å². The maximum absolute atomic E-state index is 14.1. The van der Waals surface area contributed by atoms with Gasteiger partial charge in [-0.15, -0.1) is 11.8 Å². The molecule has 0 saturated heterocycles. The third kappa shape index (κ3) is 8.29. The lowest BCUT2D eigenvalue weighted by Crippen LogP contribution is -2.51. The molecular formula is C35H39N5O5S. The normalized spacial score (nSPS) is 14.7. The highest BCUT2D eigenvalue weighted by Crippen LogP contribution is 2.38. The second-order valence-electron chi connectivity index (χ2n) is 11.8. The zero-order chi connectivity index (χ0) is 32.7. The van der Waals surface area contributed by atoms with Crippen LogP contribution < -0.4 is 31.3 Å². The molecule has 1 aromatic heterocycles. The van der Waals surface area contributed by atoms with Gasteiger partial charge in [-0.3, -0.25) is 9.59 Å². The van der Waals surface area contributed by atoms with Crippen molar-refractivity contribution in [2.75, 3.05) is 17.8 Å². The summed E-state index contributed by atoms with van der Waals surface area (Å²) in [6.07, 6.45) is 1.80. The Morgan fingerprint density at radius 2 is 1.83 bits per heavy atom. The average molecular weight is 642 g/mol. The van der Waals surface area contributed by atoms with Crippen molar-refractivity contribution in [2.45, 2.75) is 56.4 Å². The van der Waals surface area contributed by atoms with E-state index in [0.29, 0.717) is 31.1 Å². The number of hydrogen-bond acceptors (Lipinski definition) is 7. The molecule has 1 atom stereocenters. The molecular weight excluding hydrogens is 602 g/mol. The molecule has 11 heteroatoms. The molecule has 0 unspecified atom stereocenters. The number of ether oxygens (including phenoxy) is 1. The molecule has 5 rings (SSSR count). The van der Waals surface area contributed by atoms with E-state index in [1.54, 1.807) is 18.3 Å². The number of nitrogens with zero attached hydrogens (tertiary/aromatic N) is 1. The first-order chi connectivity index (χ1) is 22.1. The number of benzene rings is 3. The van der Waals surface area contributed by atoms with Crippen LogP contribution in [0.1, 0.15) is 37.2 Å². The number of carbonyl (C=O) groups is 3. The van der Waals surface area contributed by atoms with Crippen LogP contribution in [0, 0.1) is 0 Å². The fraction of sp³-hybridized carbons (Fsp3) is 0.286. The molecule has 46 heavy (non-hydrogen) atoms. The Labute approximate surface area is 273 Å². The number of primary amides is 1. The third-order valence-electron chi connectivity index (χ3n) is 7.76. The summed E-state index contributed by atoms with van der Waals surface area (Å²) in [5.74, 6) is 1.46. The molecule has 0 bridgehead atoms. The average Bonchev–Trinajstić information content (AvgIpc) is 3.54. The zero-order valence-corrected chi connectivity index (χ0v) is 27.0. The highest BCUT2D eigenvalue weighted by atomic mass is 32.2. The van der Waals surface area contributed by atoms with Gasteiger partial charge in [-0.05, 0) is 66.4 Å². The van der Waals surface area contributed by atoms with E-state index in [0.717, 1.165) is 38.6 Å². The molecule has 10 nitrogen and oxygen atoms in total. The fourth-order valence-electron chi connectivity index (χ4n) is 5.34. The van der Waals surface area contributed by atoms with E-state index < -0.39 is 17.6 Å². The van der Waals surface area contributed by atoms with E-state index in [9.17, 15) is 14.4 Å². The number of fused-ring (bicyclic) bond motifs is 1. The molecule has 4 aromatic rings. The zero-order valence-electron chi connectivity index (χ0n) is 26.2. The molecule has 0 fully saturated rings. The summed E-state index contributed by atoms with van der Waals surface area (Å²) < 4.78 is 10.9. The molecule has 2 heterocycles. The number of furan rings is 1. The Morgan fingerprint density at radius 3 is 2.54 bits per heavy atom. The van der Waals surface area contributed by atoms with Crippen molar-refractivity contribution in [2.24, 2.45) is 5.73 Å². The van der Waals surface area contributed by atoms with E-state index in [-0.39, 0.29) is 18.2 Å². The van der Waals surface area contributed by atoms with E-state index in [1.807, 2.05) is 92.7 Å². The van der Waals surface area contributed by atoms with Crippen LogP contribution in [0.15, 0.2) is 94.4 Å². The first kappa shape index (κ1) is 32.6. The minimum Gasteiger partial charge on any atom is -0.497 e. The fourth-order valence-corrected chi connectivity index (χ4v) is 6.44. The molecule has 3 aromatic carbocycles. The number of amides is 4. The highest BCUT2D eigenvalue weighted by Gasteiger charge is 2.33. The summed E-state index contributed by atoms with van der Waals surface area (Å²) >= 11 is 1.52. The summed E-state index contributed by atoms with van der Waals surface area (Å²) in [6.45, 7) is 5.02. The van der Waals surface area contributed by atoms with Crippen LogP contribution in [0.4, 0.5) is 10.5 Å². The van der Waals surface area contributed by atoms with Gasteiger partial charge in [-0.1, -0.05) is 48.5 Å². The van der Waals surface area contributed by atoms with E-state index >= 15 is 0 Å². The maximum Gasteiger partial charge on any atom is 0.312 e. The molecule has 0 saturated carbocycles. The lowest BCUT2D eigenvalue weighted by Gasteiger charge is -2.28. The van der Waals surface area contributed by atoms with Crippen LogP contribution in [0.5, 0.6) is 5.75 Å². The smallest absolute Gasteiger partial charge is 0.312 e. The van der Waals surface area contributed by atoms with Crippen molar-refractivity contribution in [1.82, 2.24) is 16.0 Å². The lowest BCUT2D eigenvalue weighted by molar-refractivity contribution is -0.127. The van der Waals surface area contributed by atoms with Gasteiger partial charge in [-0.25, -0.2) is 4.79 Å². The first-order valence-corrected chi connectivity index (χ1v) is 16.0. The topological polar surface area (TPSA) is 139 Å². The Kier molecular flexibility index (Phi) is 10.3. The summed E-state index contributed by atoms with van der Waals surface area (Å²) in [7, 11) is 1.61. The lowest BCUT2D eigenvalue weighted by atomic mass is 9.98. The number of nitrogens with one attached hydrogen (secondary N) is 3. The van der Waals surface area contributed by atoms with Crippen LogP contribution in [-0.4, -0.2) is 42.3 Å². The number of thioether (sulfide) groups is 1. The molecule has 0 radical (unpaired) electrons. The SMILES string of the molecule is COc1ccc2c(c1)SC[C@@H](NC(=O)CC(C)(C)NCc1ccco1)C(=O)N2Cc1ccc(-c2ccccc2CNC(N)=O)cc1. The third-order valence-corrected chi connectivity index (χ3v) is 8.90. The van der Waals surface area contributed by atoms with E-state index in [1.165, 1.54) is 11.8 Å². The van der Waals surface area contributed by atoms with Crippen LogP contribution in [0.2, 0.25) is 0 Å². The molecule has 0 aliphatic carbocycles. The second-order valence-corrected chi connectivity index (χ2v) is 12.8. The monoisotopic (exact) mass is 641 g/mol. The Hall–Kier alpha value is -4.74. The van der Waals surface area contributed by atoms with Gasteiger partial charge in [0.15, 0.2) is 0 Å². The number of rotatable bonds is 12. The van der Waals surface area contributed by atoms with Gasteiger partial charge in [0.1, 0.15) is 17.6 Å². The van der Waals surface area contributed by atoms with E-state index in [2.05, 4.69) is 16.0 Å². The van der Waals surface area contributed by atoms with Crippen molar-refractivity contribution < 1.29 is 23.5 Å². The Bertz CT molecular complexity index is 1670. The molecule has 4 amide bonds. The number of urea groups is 1. The van der Waals surface area contributed by atoms with Crippen LogP contribution >= 0.6 is 11.8 Å². The number of hydrogen-bond donors (Lipinski definition) is 4. The number of methoxy groups -OCH3 is 1. The van der Waals surface area contributed by atoms with Crippen molar-refractivity contribution in [3.8, 4) is 16.9 Å². The number of carbonyl (C=O) groups excluding carboxylic acids is 3. The molecule has 1 aliphatic rings. The van der Waals surface area contributed by atoms with Crippen molar-refractivity contribution in [1.29, 1.82) is 0 Å². The van der Waals surface area contributed by atoms with Crippen molar-refractivity contribution >= 4 is 35.3 Å².